The molecular formula is C16H24BrFN2. The van der Waals surface area contributed by atoms with Crippen LogP contribution in [0.1, 0.15) is 38.2 Å². The molecule has 0 spiro atoms. The van der Waals surface area contributed by atoms with Crippen LogP contribution in [0.15, 0.2) is 22.7 Å². The lowest BCUT2D eigenvalue weighted by Gasteiger charge is -2.39. The Morgan fingerprint density at radius 2 is 2.10 bits per heavy atom. The van der Waals surface area contributed by atoms with E-state index < -0.39 is 0 Å². The number of halogens is 2. The molecular weight excluding hydrogens is 319 g/mol. The molecule has 0 heterocycles. The summed E-state index contributed by atoms with van der Waals surface area (Å²) >= 11 is 3.27. The highest BCUT2D eigenvalue weighted by molar-refractivity contribution is 9.10. The smallest absolute Gasteiger partial charge is 0.137 e. The molecule has 1 aliphatic rings. The lowest BCUT2D eigenvalue weighted by atomic mass is 9.83. The largest absolute Gasteiger partial charge is 0.330 e. The second-order valence-electron chi connectivity index (χ2n) is 5.66. The summed E-state index contributed by atoms with van der Waals surface area (Å²) < 4.78 is 13.9. The van der Waals surface area contributed by atoms with E-state index in [2.05, 4.69) is 27.8 Å². The molecule has 0 amide bonds. The van der Waals surface area contributed by atoms with E-state index in [1.54, 1.807) is 0 Å². The zero-order valence-electron chi connectivity index (χ0n) is 12.1. The van der Waals surface area contributed by atoms with E-state index in [0.29, 0.717) is 16.4 Å². The van der Waals surface area contributed by atoms with Crippen molar-refractivity contribution in [2.45, 2.75) is 45.2 Å². The summed E-state index contributed by atoms with van der Waals surface area (Å²) in [7, 11) is 0. The van der Waals surface area contributed by atoms with Crippen LogP contribution >= 0.6 is 15.9 Å². The quantitative estimate of drug-likeness (QED) is 0.878. The molecule has 0 radical (unpaired) electrons. The van der Waals surface area contributed by atoms with Crippen molar-refractivity contribution in [3.05, 3.63) is 34.1 Å². The molecule has 0 aliphatic heterocycles. The van der Waals surface area contributed by atoms with Gasteiger partial charge in [0.2, 0.25) is 0 Å². The number of nitrogens with two attached hydrogens (primary N) is 1. The topological polar surface area (TPSA) is 29.3 Å². The second kappa shape index (κ2) is 7.53. The Bertz CT molecular complexity index is 438. The van der Waals surface area contributed by atoms with Gasteiger partial charge in [0.15, 0.2) is 0 Å². The Kier molecular flexibility index (Phi) is 6.00. The van der Waals surface area contributed by atoms with Gasteiger partial charge in [-0.3, -0.25) is 4.90 Å². The Hall–Kier alpha value is -0.450. The zero-order valence-corrected chi connectivity index (χ0v) is 13.7. The minimum Gasteiger partial charge on any atom is -0.330 e. The highest BCUT2D eigenvalue weighted by Gasteiger charge is 2.28. The lowest BCUT2D eigenvalue weighted by molar-refractivity contribution is 0.105. The summed E-state index contributed by atoms with van der Waals surface area (Å²) in [4.78, 5) is 2.50. The van der Waals surface area contributed by atoms with E-state index in [9.17, 15) is 4.39 Å². The number of benzene rings is 1. The molecule has 1 aliphatic carbocycles. The Morgan fingerprint density at radius 1 is 1.35 bits per heavy atom. The molecule has 1 aromatic rings. The molecule has 2 atom stereocenters. The number of rotatable bonds is 5. The van der Waals surface area contributed by atoms with Gasteiger partial charge in [0.05, 0.1) is 4.47 Å². The molecule has 112 valence electrons. The van der Waals surface area contributed by atoms with Crippen LogP contribution in [-0.4, -0.2) is 24.0 Å². The Labute approximate surface area is 129 Å². The predicted octanol–water partition coefficient (Wildman–Crippen LogP) is 3.93. The normalized spacial score (nSPS) is 23.2. The van der Waals surface area contributed by atoms with Gasteiger partial charge in [-0.1, -0.05) is 25.8 Å². The summed E-state index contributed by atoms with van der Waals surface area (Å²) in [6.07, 6.45) is 5.08. The van der Waals surface area contributed by atoms with Gasteiger partial charge in [-0.2, -0.15) is 0 Å². The molecule has 2 unspecified atom stereocenters. The maximum absolute atomic E-state index is 13.3. The van der Waals surface area contributed by atoms with Gasteiger partial charge < -0.3 is 5.73 Å². The third-order valence-corrected chi connectivity index (χ3v) is 5.02. The molecule has 1 fully saturated rings. The standard InChI is InChI=1S/C16H24BrFN2/c1-2-20(16-6-4-3-5-13(16)10-19)11-12-7-8-15(18)14(17)9-12/h7-9,13,16H,2-6,10-11,19H2,1H3. The molecule has 0 aromatic heterocycles. The maximum Gasteiger partial charge on any atom is 0.137 e. The van der Waals surface area contributed by atoms with Crippen LogP contribution in [0.4, 0.5) is 4.39 Å². The first kappa shape index (κ1) is 15.9. The minimum atomic E-state index is -0.200. The van der Waals surface area contributed by atoms with Crippen LogP contribution in [0, 0.1) is 11.7 Å². The van der Waals surface area contributed by atoms with Crippen LogP contribution in [0.25, 0.3) is 0 Å². The average molecular weight is 343 g/mol. The lowest BCUT2D eigenvalue weighted by Crippen LogP contribution is -2.44. The van der Waals surface area contributed by atoms with Gasteiger partial charge in [-0.15, -0.1) is 0 Å². The molecule has 20 heavy (non-hydrogen) atoms. The van der Waals surface area contributed by atoms with Crippen molar-refractivity contribution in [3.8, 4) is 0 Å². The fourth-order valence-electron chi connectivity index (χ4n) is 3.28. The van der Waals surface area contributed by atoms with E-state index in [1.807, 2.05) is 12.1 Å². The van der Waals surface area contributed by atoms with Gasteiger partial charge in [0, 0.05) is 12.6 Å². The van der Waals surface area contributed by atoms with Crippen molar-refractivity contribution >= 4 is 15.9 Å². The fraction of sp³-hybridized carbons (Fsp3) is 0.625. The zero-order chi connectivity index (χ0) is 14.5. The van der Waals surface area contributed by atoms with Crippen LogP contribution < -0.4 is 5.73 Å². The maximum atomic E-state index is 13.3. The minimum absolute atomic E-state index is 0.200. The van der Waals surface area contributed by atoms with Crippen molar-refractivity contribution in [2.24, 2.45) is 11.7 Å². The van der Waals surface area contributed by atoms with Crippen molar-refractivity contribution in [1.82, 2.24) is 4.90 Å². The fourth-order valence-corrected chi connectivity index (χ4v) is 3.71. The van der Waals surface area contributed by atoms with Gasteiger partial charge in [-0.05, 0) is 65.5 Å². The first-order valence-electron chi connectivity index (χ1n) is 7.53. The molecule has 4 heteroatoms. The van der Waals surface area contributed by atoms with Crippen LogP contribution in [-0.2, 0) is 6.54 Å². The van der Waals surface area contributed by atoms with Crippen LogP contribution in [0.3, 0.4) is 0 Å². The molecule has 2 nitrogen and oxygen atoms in total. The Balaban J connectivity index is 2.09. The summed E-state index contributed by atoms with van der Waals surface area (Å²) in [6.45, 7) is 4.85. The van der Waals surface area contributed by atoms with Crippen LogP contribution in [0.2, 0.25) is 0 Å². The van der Waals surface area contributed by atoms with Gasteiger partial charge in [0.25, 0.3) is 0 Å². The molecule has 1 aromatic carbocycles. The third kappa shape index (κ3) is 3.80. The SMILES string of the molecule is CCN(Cc1ccc(F)c(Br)c1)C1CCCCC1CN. The average Bonchev–Trinajstić information content (AvgIpc) is 2.48. The van der Waals surface area contributed by atoms with Gasteiger partial charge >= 0.3 is 0 Å². The van der Waals surface area contributed by atoms with Crippen molar-refractivity contribution in [1.29, 1.82) is 0 Å². The summed E-state index contributed by atoms with van der Waals surface area (Å²) in [6, 6.07) is 5.87. The highest BCUT2D eigenvalue weighted by atomic mass is 79.9. The summed E-state index contributed by atoms with van der Waals surface area (Å²) in [5.74, 6) is 0.405. The number of nitrogens with zero attached hydrogens (tertiary/aromatic N) is 1. The summed E-state index contributed by atoms with van der Waals surface area (Å²) in [5, 5.41) is 0. The molecule has 0 saturated heterocycles. The highest BCUT2D eigenvalue weighted by Crippen LogP contribution is 2.29. The van der Waals surface area contributed by atoms with Crippen molar-refractivity contribution in [3.63, 3.8) is 0 Å². The van der Waals surface area contributed by atoms with Crippen molar-refractivity contribution in [2.75, 3.05) is 13.1 Å². The van der Waals surface area contributed by atoms with E-state index >= 15 is 0 Å². The molecule has 1 saturated carbocycles. The van der Waals surface area contributed by atoms with E-state index in [4.69, 9.17) is 5.73 Å². The predicted molar refractivity (Wildman–Crippen MR) is 85.0 cm³/mol. The molecule has 2 rings (SSSR count). The van der Waals surface area contributed by atoms with Crippen LogP contribution in [0.5, 0.6) is 0 Å². The first-order chi connectivity index (χ1) is 9.65. The molecule has 2 N–H and O–H groups in total. The summed E-state index contributed by atoms with van der Waals surface area (Å²) in [5.41, 5.74) is 7.09. The monoisotopic (exact) mass is 342 g/mol. The second-order valence-corrected chi connectivity index (χ2v) is 6.51. The number of hydrogen-bond acceptors (Lipinski definition) is 2. The van der Waals surface area contributed by atoms with Gasteiger partial charge in [0.1, 0.15) is 5.82 Å². The first-order valence-corrected chi connectivity index (χ1v) is 8.33. The van der Waals surface area contributed by atoms with Gasteiger partial charge in [-0.25, -0.2) is 4.39 Å². The third-order valence-electron chi connectivity index (χ3n) is 4.42. The van der Waals surface area contributed by atoms with E-state index in [-0.39, 0.29) is 5.82 Å². The Morgan fingerprint density at radius 3 is 2.75 bits per heavy atom. The van der Waals surface area contributed by atoms with E-state index in [0.717, 1.165) is 25.2 Å². The van der Waals surface area contributed by atoms with E-state index in [1.165, 1.54) is 31.7 Å². The molecule has 0 bridgehead atoms. The van der Waals surface area contributed by atoms with Crippen molar-refractivity contribution < 1.29 is 4.39 Å². The number of hydrogen-bond donors (Lipinski definition) is 1.